The maximum atomic E-state index is 11.8. The predicted molar refractivity (Wildman–Crippen MR) is 67.1 cm³/mol. The number of piperidine rings is 1. The lowest BCUT2D eigenvalue weighted by molar-refractivity contribution is -0.130. The number of hydrogen-bond acceptors (Lipinski definition) is 3. The summed E-state index contributed by atoms with van der Waals surface area (Å²) in [5.41, 5.74) is -0.583. The van der Waals surface area contributed by atoms with Gasteiger partial charge in [0.05, 0.1) is 13.4 Å². The second-order valence-corrected chi connectivity index (χ2v) is 5.90. The average molecular weight is 255 g/mol. The van der Waals surface area contributed by atoms with Gasteiger partial charge in [-0.15, -0.1) is 0 Å². The van der Waals surface area contributed by atoms with E-state index in [2.05, 4.69) is 5.32 Å². The normalized spacial score (nSPS) is 32.8. The van der Waals surface area contributed by atoms with Crippen LogP contribution in [-0.4, -0.2) is 41.1 Å². The third-order valence-electron chi connectivity index (χ3n) is 3.24. The number of amides is 2. The van der Waals surface area contributed by atoms with Crippen LogP contribution in [0.5, 0.6) is 0 Å². The standard InChI is InChI=1S/C13H22N2O3/c1-13(2,3)18-12(17)14-9-5-4-8-15-10(9)6-7-11(15)16/h9-10H,4-8H2,1-3H3,(H,14,17)/t9-,10-/m1/s1/i9D. The quantitative estimate of drug-likeness (QED) is 0.775. The summed E-state index contributed by atoms with van der Waals surface area (Å²) in [5.74, 6) is 0.0901. The van der Waals surface area contributed by atoms with Gasteiger partial charge in [0.25, 0.3) is 0 Å². The van der Waals surface area contributed by atoms with Crippen molar-refractivity contribution >= 4 is 12.0 Å². The van der Waals surface area contributed by atoms with E-state index in [1.807, 2.05) is 0 Å². The molecule has 2 amide bonds. The molecule has 2 aliphatic heterocycles. The number of carbonyl (C=O) groups is 2. The SMILES string of the molecule is [2H][C@@]1(NC(=O)OC(C)(C)C)CCCN2C(=O)CC[C@@H]21. The molecule has 5 nitrogen and oxygen atoms in total. The lowest BCUT2D eigenvalue weighted by Crippen LogP contribution is -2.54. The molecule has 0 aliphatic carbocycles. The molecule has 0 spiro atoms. The van der Waals surface area contributed by atoms with Crippen LogP contribution in [0.1, 0.15) is 47.8 Å². The molecule has 2 aliphatic rings. The third-order valence-corrected chi connectivity index (χ3v) is 3.24. The lowest BCUT2D eigenvalue weighted by Gasteiger charge is -2.37. The topological polar surface area (TPSA) is 58.6 Å². The predicted octanol–water partition coefficient (Wildman–Crippen LogP) is 1.66. The number of hydrogen-bond donors (Lipinski definition) is 1. The largest absolute Gasteiger partial charge is 0.444 e. The molecule has 102 valence electrons. The second kappa shape index (κ2) is 4.78. The Morgan fingerprint density at radius 2 is 2.22 bits per heavy atom. The Morgan fingerprint density at radius 1 is 1.50 bits per heavy atom. The first-order valence-corrected chi connectivity index (χ1v) is 6.52. The van der Waals surface area contributed by atoms with E-state index >= 15 is 0 Å². The summed E-state index contributed by atoms with van der Waals surface area (Å²) in [6.45, 7) is 6.06. The molecule has 1 N–H and O–H groups in total. The number of fused-ring (bicyclic) bond motifs is 1. The van der Waals surface area contributed by atoms with E-state index in [9.17, 15) is 9.59 Å². The van der Waals surface area contributed by atoms with Gasteiger partial charge in [0.2, 0.25) is 5.91 Å². The Kier molecular flexibility index (Phi) is 3.14. The van der Waals surface area contributed by atoms with Gasteiger partial charge in [0.15, 0.2) is 0 Å². The fourth-order valence-electron chi connectivity index (χ4n) is 2.56. The molecule has 0 aromatic rings. The van der Waals surface area contributed by atoms with Crippen molar-refractivity contribution in [3.8, 4) is 0 Å². The van der Waals surface area contributed by atoms with E-state index in [0.717, 1.165) is 6.42 Å². The van der Waals surface area contributed by atoms with Crippen LogP contribution < -0.4 is 5.32 Å². The zero-order chi connectivity index (χ0) is 14.3. The van der Waals surface area contributed by atoms with Gasteiger partial charge < -0.3 is 15.0 Å². The van der Waals surface area contributed by atoms with Crippen LogP contribution in [0.3, 0.4) is 0 Å². The first-order chi connectivity index (χ1) is 8.71. The second-order valence-electron chi connectivity index (χ2n) is 5.90. The first kappa shape index (κ1) is 11.8. The zero-order valence-electron chi connectivity index (χ0n) is 12.3. The highest BCUT2D eigenvalue weighted by Crippen LogP contribution is 2.28. The number of rotatable bonds is 1. The molecule has 0 radical (unpaired) electrons. The number of carbonyl (C=O) groups excluding carboxylic acids is 2. The summed E-state index contributed by atoms with van der Waals surface area (Å²) in [7, 11) is 0. The Labute approximate surface area is 109 Å². The van der Waals surface area contributed by atoms with E-state index in [1.165, 1.54) is 0 Å². The third kappa shape index (κ3) is 2.94. The molecule has 18 heavy (non-hydrogen) atoms. The monoisotopic (exact) mass is 255 g/mol. The zero-order valence-corrected chi connectivity index (χ0v) is 11.3. The molecule has 2 atom stereocenters. The highest BCUT2D eigenvalue weighted by molar-refractivity contribution is 5.79. The van der Waals surface area contributed by atoms with Crippen molar-refractivity contribution in [1.82, 2.24) is 10.2 Å². The minimum Gasteiger partial charge on any atom is -0.444 e. The average Bonchev–Trinajstić information content (AvgIpc) is 2.59. The molecule has 2 saturated heterocycles. The summed E-state index contributed by atoms with van der Waals surface area (Å²) in [4.78, 5) is 25.3. The van der Waals surface area contributed by atoms with Crippen LogP contribution >= 0.6 is 0 Å². The molecule has 5 heteroatoms. The van der Waals surface area contributed by atoms with Gasteiger partial charge >= 0.3 is 6.09 Å². The number of nitrogens with one attached hydrogen (secondary N) is 1. The van der Waals surface area contributed by atoms with Gasteiger partial charge in [-0.05, 0) is 40.0 Å². The first-order valence-electron chi connectivity index (χ1n) is 7.02. The molecular formula is C13H22N2O3. The summed E-state index contributed by atoms with van der Waals surface area (Å²) in [6, 6.07) is -1.34. The van der Waals surface area contributed by atoms with Crippen molar-refractivity contribution in [2.75, 3.05) is 6.54 Å². The van der Waals surface area contributed by atoms with E-state index in [1.54, 1.807) is 25.7 Å². The minimum atomic E-state index is -1.12. The molecular weight excluding hydrogens is 232 g/mol. The maximum absolute atomic E-state index is 11.8. The number of alkyl carbamates (subject to hydrolysis) is 1. The fraction of sp³-hybridized carbons (Fsp3) is 0.846. The van der Waals surface area contributed by atoms with Crippen LogP contribution in [0.4, 0.5) is 4.79 Å². The minimum absolute atomic E-state index is 0.0901. The number of ether oxygens (including phenoxy) is 1. The number of nitrogens with zero attached hydrogens (tertiary/aromatic N) is 1. The molecule has 0 aromatic carbocycles. The lowest BCUT2D eigenvalue weighted by atomic mass is 9.96. The molecule has 0 aromatic heterocycles. The van der Waals surface area contributed by atoms with Crippen LogP contribution in [0.25, 0.3) is 0 Å². The highest BCUT2D eigenvalue weighted by Gasteiger charge is 2.39. The van der Waals surface area contributed by atoms with Crippen LogP contribution in [-0.2, 0) is 9.53 Å². The van der Waals surface area contributed by atoms with Gasteiger partial charge in [-0.25, -0.2) is 4.79 Å². The highest BCUT2D eigenvalue weighted by atomic mass is 16.6. The van der Waals surface area contributed by atoms with Gasteiger partial charge in [-0.2, -0.15) is 0 Å². The van der Waals surface area contributed by atoms with Gasteiger partial charge in [-0.1, -0.05) is 0 Å². The smallest absolute Gasteiger partial charge is 0.407 e. The van der Waals surface area contributed by atoms with Crippen molar-refractivity contribution < 1.29 is 15.7 Å². The van der Waals surface area contributed by atoms with Crippen molar-refractivity contribution in [1.29, 1.82) is 0 Å². The Balaban J connectivity index is 2.05. The Bertz CT molecular complexity index is 394. The van der Waals surface area contributed by atoms with Crippen molar-refractivity contribution in [2.24, 2.45) is 0 Å². The summed E-state index contributed by atoms with van der Waals surface area (Å²) < 4.78 is 13.7. The van der Waals surface area contributed by atoms with Crippen LogP contribution in [0, 0.1) is 0 Å². The van der Waals surface area contributed by atoms with Crippen LogP contribution in [0.2, 0.25) is 0 Å². The van der Waals surface area contributed by atoms with E-state index in [4.69, 9.17) is 6.11 Å². The molecule has 2 rings (SSSR count). The van der Waals surface area contributed by atoms with Gasteiger partial charge in [0, 0.05) is 13.0 Å². The van der Waals surface area contributed by atoms with Crippen molar-refractivity contribution in [2.45, 2.75) is 64.1 Å². The summed E-state index contributed by atoms with van der Waals surface area (Å²) >= 11 is 0. The molecule has 0 bridgehead atoms. The van der Waals surface area contributed by atoms with Gasteiger partial charge in [-0.3, -0.25) is 4.79 Å². The summed E-state index contributed by atoms with van der Waals surface area (Å²) in [5, 5.41) is 2.66. The summed E-state index contributed by atoms with van der Waals surface area (Å²) in [6.07, 6.45) is 1.82. The van der Waals surface area contributed by atoms with Crippen molar-refractivity contribution in [3.63, 3.8) is 0 Å². The Hall–Kier alpha value is -1.26. The van der Waals surface area contributed by atoms with E-state index in [-0.39, 0.29) is 11.9 Å². The van der Waals surface area contributed by atoms with E-state index in [0.29, 0.717) is 25.8 Å². The Morgan fingerprint density at radius 3 is 2.89 bits per heavy atom. The fourth-order valence-corrected chi connectivity index (χ4v) is 2.56. The van der Waals surface area contributed by atoms with Crippen molar-refractivity contribution in [3.05, 3.63) is 0 Å². The van der Waals surface area contributed by atoms with Crippen LogP contribution in [0.15, 0.2) is 0 Å². The molecule has 2 heterocycles. The molecule has 0 unspecified atom stereocenters. The van der Waals surface area contributed by atoms with Gasteiger partial charge in [0.1, 0.15) is 5.60 Å². The molecule has 2 fully saturated rings. The maximum Gasteiger partial charge on any atom is 0.407 e. The van der Waals surface area contributed by atoms with E-state index < -0.39 is 17.7 Å². The molecule has 0 saturated carbocycles.